The number of hydrogen-bond donors (Lipinski definition) is 0. The maximum Gasteiger partial charge on any atom is 0.238 e. The molecule has 0 aliphatic carbocycles. The number of thiophene rings is 1. The van der Waals surface area contributed by atoms with E-state index >= 15 is 0 Å². The topological polar surface area (TPSA) is 43.6 Å². The van der Waals surface area contributed by atoms with Crippen LogP contribution in [0.4, 0.5) is 0 Å². The summed E-state index contributed by atoms with van der Waals surface area (Å²) in [7, 11) is 0. The molecule has 5 heteroatoms. The Morgan fingerprint density at radius 3 is 1.62 bits per heavy atom. The molecule has 0 aliphatic heterocycles. The van der Waals surface area contributed by atoms with E-state index < -0.39 is 0 Å². The van der Waals surface area contributed by atoms with Crippen LogP contribution >= 0.6 is 11.3 Å². The summed E-state index contributed by atoms with van der Waals surface area (Å²) in [6.07, 6.45) is 0. The molecule has 0 aliphatic rings. The van der Waals surface area contributed by atoms with Gasteiger partial charge in [-0.25, -0.2) is 4.98 Å². The standard InChI is InChI=1S/C45H28N4S/c1-4-14-29(15-5-1)30-24-26-33(27-25-30)44-46-43(32-18-8-3-9-19-32)47-45(48-44)49-37-22-12-10-21-35(37)41-38(49)28-36-34-20-11-13-23-39(34)50-42(36)40(41)31-16-6-2-7-17-31/h1-28H. The zero-order chi connectivity index (χ0) is 33.0. The highest BCUT2D eigenvalue weighted by Crippen LogP contribution is 2.47. The fourth-order valence-corrected chi connectivity index (χ4v) is 8.41. The molecule has 3 aromatic heterocycles. The zero-order valence-electron chi connectivity index (χ0n) is 26.9. The Labute approximate surface area is 292 Å². The second-order valence-electron chi connectivity index (χ2n) is 12.4. The SMILES string of the molecule is c1ccc(-c2ccc(-c3nc(-c4ccccc4)nc(-n4c5ccccc5c5c(-c6ccccc6)c6sc7ccccc7c6cc54)n3)cc2)cc1. The molecule has 0 amide bonds. The predicted octanol–water partition coefficient (Wildman–Crippen LogP) is 12.0. The van der Waals surface area contributed by atoms with Gasteiger partial charge in [0.15, 0.2) is 11.6 Å². The summed E-state index contributed by atoms with van der Waals surface area (Å²) < 4.78 is 4.79. The molecule has 4 nitrogen and oxygen atoms in total. The van der Waals surface area contributed by atoms with E-state index in [9.17, 15) is 0 Å². The van der Waals surface area contributed by atoms with Crippen LogP contribution in [0.5, 0.6) is 0 Å². The molecule has 0 bridgehead atoms. The molecule has 0 fully saturated rings. The van der Waals surface area contributed by atoms with Crippen molar-refractivity contribution in [1.29, 1.82) is 0 Å². The van der Waals surface area contributed by atoms with Crippen LogP contribution in [0.25, 0.3) is 93.0 Å². The summed E-state index contributed by atoms with van der Waals surface area (Å²) >= 11 is 1.86. The third-order valence-electron chi connectivity index (χ3n) is 9.47. The van der Waals surface area contributed by atoms with E-state index in [1.807, 2.05) is 35.6 Å². The molecule has 3 heterocycles. The first-order chi connectivity index (χ1) is 24.8. The molecule has 0 radical (unpaired) electrons. The van der Waals surface area contributed by atoms with E-state index in [-0.39, 0.29) is 0 Å². The maximum absolute atomic E-state index is 5.25. The van der Waals surface area contributed by atoms with Gasteiger partial charge in [-0.3, -0.25) is 4.57 Å². The summed E-state index contributed by atoms with van der Waals surface area (Å²) in [6.45, 7) is 0. The lowest BCUT2D eigenvalue weighted by atomic mass is 9.97. The Morgan fingerprint density at radius 2 is 0.920 bits per heavy atom. The van der Waals surface area contributed by atoms with Crippen molar-refractivity contribution in [2.24, 2.45) is 0 Å². The van der Waals surface area contributed by atoms with Gasteiger partial charge in [-0.15, -0.1) is 11.3 Å². The average Bonchev–Trinajstić information content (AvgIpc) is 3.73. The van der Waals surface area contributed by atoms with E-state index in [0.29, 0.717) is 17.6 Å². The van der Waals surface area contributed by atoms with Crippen molar-refractivity contribution >= 4 is 53.3 Å². The summed E-state index contributed by atoms with van der Waals surface area (Å²) in [5.41, 5.74) is 8.74. The summed E-state index contributed by atoms with van der Waals surface area (Å²) in [4.78, 5) is 15.5. The lowest BCUT2D eigenvalue weighted by molar-refractivity contribution is 0.954. The maximum atomic E-state index is 5.25. The van der Waals surface area contributed by atoms with Gasteiger partial charge in [0.2, 0.25) is 5.95 Å². The Bertz CT molecular complexity index is 2840. The highest BCUT2D eigenvalue weighted by atomic mass is 32.1. The first-order valence-corrected chi connectivity index (χ1v) is 17.5. The quantitative estimate of drug-likeness (QED) is 0.185. The van der Waals surface area contributed by atoms with Gasteiger partial charge in [0.1, 0.15) is 0 Å². The van der Waals surface area contributed by atoms with Crippen molar-refractivity contribution in [3.63, 3.8) is 0 Å². The van der Waals surface area contributed by atoms with E-state index in [1.54, 1.807) is 0 Å². The van der Waals surface area contributed by atoms with Crippen molar-refractivity contribution in [3.8, 4) is 51.0 Å². The number of hydrogen-bond acceptors (Lipinski definition) is 4. The van der Waals surface area contributed by atoms with Crippen LogP contribution in [0.2, 0.25) is 0 Å². The largest absolute Gasteiger partial charge is 0.278 e. The van der Waals surface area contributed by atoms with Crippen LogP contribution < -0.4 is 0 Å². The molecule has 7 aromatic carbocycles. The van der Waals surface area contributed by atoms with Gasteiger partial charge in [-0.1, -0.05) is 152 Å². The van der Waals surface area contributed by atoms with Gasteiger partial charge in [0.05, 0.1) is 11.0 Å². The van der Waals surface area contributed by atoms with Gasteiger partial charge in [0, 0.05) is 47.6 Å². The van der Waals surface area contributed by atoms with Crippen LogP contribution in [0.15, 0.2) is 170 Å². The number of rotatable bonds is 5. The van der Waals surface area contributed by atoms with Crippen LogP contribution in [0.1, 0.15) is 0 Å². The van der Waals surface area contributed by atoms with Crippen LogP contribution in [-0.4, -0.2) is 19.5 Å². The Kier molecular flexibility index (Phi) is 6.64. The van der Waals surface area contributed by atoms with Crippen molar-refractivity contribution < 1.29 is 0 Å². The van der Waals surface area contributed by atoms with Crippen LogP contribution in [0, 0.1) is 0 Å². The summed E-state index contributed by atoms with van der Waals surface area (Å²) in [5.74, 6) is 1.85. The normalized spacial score (nSPS) is 11.6. The van der Waals surface area contributed by atoms with Gasteiger partial charge < -0.3 is 0 Å². The van der Waals surface area contributed by atoms with Crippen molar-refractivity contribution in [2.75, 3.05) is 0 Å². The highest BCUT2D eigenvalue weighted by molar-refractivity contribution is 7.26. The lowest BCUT2D eigenvalue weighted by Crippen LogP contribution is -2.06. The lowest BCUT2D eigenvalue weighted by Gasteiger charge is -2.12. The third kappa shape index (κ3) is 4.63. The monoisotopic (exact) mass is 656 g/mol. The second-order valence-corrected chi connectivity index (χ2v) is 13.5. The Balaban J connectivity index is 1.29. The zero-order valence-corrected chi connectivity index (χ0v) is 27.7. The van der Waals surface area contributed by atoms with Gasteiger partial charge >= 0.3 is 0 Å². The molecular weight excluding hydrogens is 629 g/mol. The number of para-hydroxylation sites is 1. The van der Waals surface area contributed by atoms with Crippen LogP contribution in [-0.2, 0) is 0 Å². The number of benzene rings is 7. The molecular formula is C45H28N4S. The van der Waals surface area contributed by atoms with Gasteiger partial charge in [-0.05, 0) is 34.9 Å². The minimum atomic E-state index is 0.588. The fourth-order valence-electron chi connectivity index (χ4n) is 7.15. The van der Waals surface area contributed by atoms with Gasteiger partial charge in [-0.2, -0.15) is 9.97 Å². The minimum Gasteiger partial charge on any atom is -0.278 e. The minimum absolute atomic E-state index is 0.588. The predicted molar refractivity (Wildman–Crippen MR) is 209 cm³/mol. The van der Waals surface area contributed by atoms with Crippen molar-refractivity contribution in [2.45, 2.75) is 0 Å². The average molecular weight is 657 g/mol. The first kappa shape index (κ1) is 28.6. The smallest absolute Gasteiger partial charge is 0.238 e. The Morgan fingerprint density at radius 1 is 0.400 bits per heavy atom. The number of nitrogens with zero attached hydrogens (tertiary/aromatic N) is 4. The second kappa shape index (κ2) is 11.6. The molecule has 0 spiro atoms. The summed E-state index contributed by atoms with van der Waals surface area (Å²) in [5, 5.41) is 4.84. The van der Waals surface area contributed by atoms with E-state index in [4.69, 9.17) is 15.0 Å². The van der Waals surface area contributed by atoms with E-state index in [2.05, 4.69) is 150 Å². The first-order valence-electron chi connectivity index (χ1n) is 16.7. The molecule has 50 heavy (non-hydrogen) atoms. The fraction of sp³-hybridized carbons (Fsp3) is 0. The molecule has 0 atom stereocenters. The molecule has 234 valence electrons. The molecule has 0 saturated heterocycles. The highest BCUT2D eigenvalue weighted by Gasteiger charge is 2.23. The molecule has 0 unspecified atom stereocenters. The third-order valence-corrected chi connectivity index (χ3v) is 10.7. The van der Waals surface area contributed by atoms with E-state index in [1.165, 1.54) is 42.2 Å². The molecule has 10 rings (SSSR count). The molecule has 10 aromatic rings. The van der Waals surface area contributed by atoms with Crippen molar-refractivity contribution in [1.82, 2.24) is 19.5 Å². The van der Waals surface area contributed by atoms with Gasteiger partial charge in [0.25, 0.3) is 0 Å². The van der Waals surface area contributed by atoms with Crippen LogP contribution in [0.3, 0.4) is 0 Å². The molecule has 0 saturated carbocycles. The van der Waals surface area contributed by atoms with E-state index in [0.717, 1.165) is 33.1 Å². The number of fused-ring (bicyclic) bond motifs is 6. The Hall–Kier alpha value is -6.43. The number of aromatic nitrogens is 4. The summed E-state index contributed by atoms with van der Waals surface area (Å²) in [6, 6.07) is 59.6. The van der Waals surface area contributed by atoms with Crippen molar-refractivity contribution in [3.05, 3.63) is 170 Å². The molecule has 0 N–H and O–H groups in total.